The van der Waals surface area contributed by atoms with Gasteiger partial charge in [-0.1, -0.05) is 0 Å². The Morgan fingerprint density at radius 3 is 2.42 bits per heavy atom. The molecule has 19 heavy (non-hydrogen) atoms. The van der Waals surface area contributed by atoms with Crippen molar-refractivity contribution in [2.45, 2.75) is 44.8 Å². The second-order valence-electron chi connectivity index (χ2n) is 5.91. The highest BCUT2D eigenvalue weighted by molar-refractivity contribution is 6.28. The van der Waals surface area contributed by atoms with Crippen molar-refractivity contribution in [3.8, 4) is 0 Å². The van der Waals surface area contributed by atoms with E-state index in [9.17, 15) is 9.90 Å². The number of aliphatic hydroxyl groups is 1. The van der Waals surface area contributed by atoms with Gasteiger partial charge in [0, 0.05) is 18.0 Å². The van der Waals surface area contributed by atoms with Crippen LogP contribution in [-0.2, 0) is 15.1 Å². The fraction of sp³-hybridized carbons (Fsp3) is 0.615. The molecule has 1 aliphatic carbocycles. The van der Waals surface area contributed by atoms with E-state index in [1.165, 1.54) is 12.4 Å². The second-order valence-corrected chi connectivity index (χ2v) is 6.25. The van der Waals surface area contributed by atoms with Crippen LogP contribution in [0, 0.1) is 5.92 Å². The van der Waals surface area contributed by atoms with E-state index in [0.29, 0.717) is 18.4 Å². The molecule has 0 amide bonds. The first-order valence-corrected chi connectivity index (χ1v) is 6.51. The zero-order chi connectivity index (χ0) is 14.3. The van der Waals surface area contributed by atoms with E-state index in [1.807, 2.05) is 20.8 Å². The van der Waals surface area contributed by atoms with Gasteiger partial charge in [0.1, 0.15) is 5.60 Å². The van der Waals surface area contributed by atoms with Crippen LogP contribution in [0.5, 0.6) is 0 Å². The smallest absolute Gasteiger partial charge is 0.309 e. The molecule has 0 unspecified atom stereocenters. The Morgan fingerprint density at radius 2 is 1.95 bits per heavy atom. The van der Waals surface area contributed by atoms with Crippen LogP contribution < -0.4 is 0 Å². The van der Waals surface area contributed by atoms with Gasteiger partial charge in [0.15, 0.2) is 0 Å². The average molecular weight is 285 g/mol. The van der Waals surface area contributed by atoms with E-state index in [1.54, 1.807) is 0 Å². The molecule has 0 aromatic carbocycles. The molecular weight excluding hydrogens is 268 g/mol. The van der Waals surface area contributed by atoms with Gasteiger partial charge in [-0.3, -0.25) is 4.79 Å². The molecule has 2 rings (SSSR count). The standard InChI is InChI=1S/C13H17ClN2O3/c1-12(2,3)19-10(17)8-4-13(18,5-8)9-6-15-11(14)16-7-9/h6-8,18H,4-5H2,1-3H3/t8-,13+. The maximum atomic E-state index is 11.8. The minimum absolute atomic E-state index is 0.135. The number of aromatic nitrogens is 2. The molecule has 1 fully saturated rings. The number of halogens is 1. The van der Waals surface area contributed by atoms with Gasteiger partial charge in [0.25, 0.3) is 0 Å². The zero-order valence-corrected chi connectivity index (χ0v) is 11.9. The Labute approximate surface area is 117 Å². The number of carbonyl (C=O) groups excluding carboxylic acids is 1. The molecule has 0 bridgehead atoms. The Kier molecular flexibility index (Phi) is 3.53. The average Bonchev–Trinajstić information content (AvgIpc) is 2.23. The van der Waals surface area contributed by atoms with E-state index >= 15 is 0 Å². The number of hydrogen-bond donors (Lipinski definition) is 1. The fourth-order valence-corrected chi connectivity index (χ4v) is 2.19. The van der Waals surface area contributed by atoms with Gasteiger partial charge in [-0.2, -0.15) is 0 Å². The van der Waals surface area contributed by atoms with Gasteiger partial charge >= 0.3 is 5.97 Å². The molecule has 1 saturated carbocycles. The summed E-state index contributed by atoms with van der Waals surface area (Å²) in [6, 6.07) is 0. The number of ether oxygens (including phenoxy) is 1. The van der Waals surface area contributed by atoms with Crippen LogP contribution in [0.4, 0.5) is 0 Å². The third-order valence-electron chi connectivity index (χ3n) is 3.07. The van der Waals surface area contributed by atoms with Crippen LogP contribution in [-0.4, -0.2) is 26.6 Å². The number of esters is 1. The summed E-state index contributed by atoms with van der Waals surface area (Å²) in [5, 5.41) is 10.5. The molecule has 0 spiro atoms. The Morgan fingerprint density at radius 1 is 1.42 bits per heavy atom. The van der Waals surface area contributed by atoms with E-state index in [-0.39, 0.29) is 17.2 Å². The molecule has 1 N–H and O–H groups in total. The number of nitrogens with zero attached hydrogens (tertiary/aromatic N) is 2. The fourth-order valence-electron chi connectivity index (χ4n) is 2.10. The van der Waals surface area contributed by atoms with Crippen LogP contribution in [0.3, 0.4) is 0 Å². The second kappa shape index (κ2) is 4.72. The molecule has 6 heteroatoms. The van der Waals surface area contributed by atoms with Crippen molar-refractivity contribution in [2.24, 2.45) is 5.92 Å². The summed E-state index contributed by atoms with van der Waals surface area (Å²) in [7, 11) is 0. The molecule has 1 heterocycles. The highest BCUT2D eigenvalue weighted by atomic mass is 35.5. The number of hydrogen-bond acceptors (Lipinski definition) is 5. The zero-order valence-electron chi connectivity index (χ0n) is 11.2. The molecule has 0 radical (unpaired) electrons. The quantitative estimate of drug-likeness (QED) is 0.665. The Balaban J connectivity index is 1.98. The van der Waals surface area contributed by atoms with Gasteiger partial charge in [-0.05, 0) is 45.2 Å². The van der Waals surface area contributed by atoms with Crippen molar-refractivity contribution in [2.75, 3.05) is 0 Å². The van der Waals surface area contributed by atoms with E-state index < -0.39 is 11.2 Å². The van der Waals surface area contributed by atoms with Crippen LogP contribution in [0.1, 0.15) is 39.2 Å². The Hall–Kier alpha value is -1.20. The van der Waals surface area contributed by atoms with Crippen molar-refractivity contribution in [3.63, 3.8) is 0 Å². The lowest BCUT2D eigenvalue weighted by Gasteiger charge is -2.42. The van der Waals surface area contributed by atoms with Gasteiger partial charge in [0.2, 0.25) is 5.28 Å². The molecule has 1 aliphatic rings. The van der Waals surface area contributed by atoms with Crippen molar-refractivity contribution in [1.82, 2.24) is 9.97 Å². The summed E-state index contributed by atoms with van der Waals surface area (Å²) in [5.74, 6) is -0.549. The molecule has 1 aromatic heterocycles. The first-order valence-electron chi connectivity index (χ1n) is 6.13. The largest absolute Gasteiger partial charge is 0.460 e. The summed E-state index contributed by atoms with van der Waals surface area (Å²) in [4.78, 5) is 19.5. The number of carbonyl (C=O) groups is 1. The SMILES string of the molecule is CC(C)(C)OC(=O)[C@H]1C[C@](O)(c2cnc(Cl)nc2)C1. The highest BCUT2D eigenvalue weighted by Crippen LogP contribution is 2.46. The third kappa shape index (κ3) is 3.22. The molecule has 0 atom stereocenters. The normalized spacial score (nSPS) is 26.7. The maximum Gasteiger partial charge on any atom is 0.309 e. The summed E-state index contributed by atoms with van der Waals surface area (Å²) in [5.41, 5.74) is -0.975. The van der Waals surface area contributed by atoms with E-state index in [0.717, 1.165) is 0 Å². The van der Waals surface area contributed by atoms with Crippen molar-refractivity contribution < 1.29 is 14.6 Å². The first-order chi connectivity index (χ1) is 8.70. The highest BCUT2D eigenvalue weighted by Gasteiger charge is 2.49. The molecular formula is C13H17ClN2O3. The lowest BCUT2D eigenvalue weighted by molar-refractivity contribution is -0.176. The van der Waals surface area contributed by atoms with Crippen LogP contribution in [0.2, 0.25) is 5.28 Å². The van der Waals surface area contributed by atoms with Crippen molar-refractivity contribution in [1.29, 1.82) is 0 Å². The summed E-state index contributed by atoms with van der Waals surface area (Å²) in [6.45, 7) is 5.47. The van der Waals surface area contributed by atoms with Crippen LogP contribution >= 0.6 is 11.6 Å². The minimum Gasteiger partial charge on any atom is -0.460 e. The topological polar surface area (TPSA) is 72.3 Å². The Bertz CT molecular complexity index is 476. The summed E-state index contributed by atoms with van der Waals surface area (Å²) >= 11 is 5.60. The van der Waals surface area contributed by atoms with Gasteiger partial charge in [0.05, 0.1) is 11.5 Å². The van der Waals surface area contributed by atoms with Crippen molar-refractivity contribution in [3.05, 3.63) is 23.2 Å². The lowest BCUT2D eigenvalue weighted by Crippen LogP contribution is -2.46. The predicted octanol–water partition coefficient (Wildman–Crippen LogP) is 2.07. The van der Waals surface area contributed by atoms with Crippen LogP contribution in [0.25, 0.3) is 0 Å². The number of rotatable bonds is 2. The third-order valence-corrected chi connectivity index (χ3v) is 3.26. The lowest BCUT2D eigenvalue weighted by atomic mass is 9.68. The molecule has 1 aromatic rings. The van der Waals surface area contributed by atoms with E-state index in [4.69, 9.17) is 16.3 Å². The molecule has 0 saturated heterocycles. The summed E-state index contributed by atoms with van der Waals surface area (Å²) < 4.78 is 5.29. The maximum absolute atomic E-state index is 11.8. The monoisotopic (exact) mass is 284 g/mol. The first kappa shape index (κ1) is 14.2. The van der Waals surface area contributed by atoms with Gasteiger partial charge in [-0.25, -0.2) is 9.97 Å². The van der Waals surface area contributed by atoms with Crippen LogP contribution in [0.15, 0.2) is 12.4 Å². The van der Waals surface area contributed by atoms with Crippen molar-refractivity contribution >= 4 is 17.6 Å². The molecule has 0 aliphatic heterocycles. The van der Waals surface area contributed by atoms with E-state index in [2.05, 4.69) is 9.97 Å². The molecule has 5 nitrogen and oxygen atoms in total. The minimum atomic E-state index is -1.05. The summed E-state index contributed by atoms with van der Waals surface area (Å²) in [6.07, 6.45) is 3.63. The van der Waals surface area contributed by atoms with Gasteiger partial charge in [-0.15, -0.1) is 0 Å². The van der Waals surface area contributed by atoms with Gasteiger partial charge < -0.3 is 9.84 Å². The predicted molar refractivity (Wildman–Crippen MR) is 69.5 cm³/mol. The molecule has 104 valence electrons.